The van der Waals surface area contributed by atoms with Crippen LogP contribution in [0.1, 0.15) is 13.3 Å². The standard InChI is InChI=1S/C3H9ClNO3P/c1-2-3-9(6,7)8-5-4/h5H,2-3H2,1H3,(H,6,7). The molecule has 0 aromatic carbocycles. The molecule has 1 atom stereocenters. The van der Waals surface area contributed by atoms with Gasteiger partial charge in [0.1, 0.15) is 0 Å². The molecule has 0 fully saturated rings. The lowest BCUT2D eigenvalue weighted by molar-refractivity contribution is 0.228. The number of hydrogen-bond acceptors (Lipinski definition) is 3. The topological polar surface area (TPSA) is 58.6 Å². The lowest BCUT2D eigenvalue weighted by Crippen LogP contribution is -2.00. The Kier molecular flexibility index (Phi) is 4.44. The molecule has 0 amide bonds. The second-order valence-corrected chi connectivity index (χ2v) is 3.59. The third-order valence-electron chi connectivity index (χ3n) is 0.683. The molecule has 0 aromatic rings. The first kappa shape index (κ1) is 9.40. The van der Waals surface area contributed by atoms with E-state index >= 15 is 0 Å². The van der Waals surface area contributed by atoms with Gasteiger partial charge in [0.25, 0.3) is 0 Å². The van der Waals surface area contributed by atoms with Gasteiger partial charge in [-0.15, -0.1) is 5.00 Å². The molecule has 56 valence electrons. The molecule has 9 heavy (non-hydrogen) atoms. The van der Waals surface area contributed by atoms with E-state index in [0.717, 1.165) is 0 Å². The SMILES string of the molecule is CCCP(=O)(O)ONCl. The zero-order chi connectivity index (χ0) is 7.33. The fraction of sp³-hybridized carbons (Fsp3) is 1.00. The van der Waals surface area contributed by atoms with Gasteiger partial charge >= 0.3 is 7.60 Å². The van der Waals surface area contributed by atoms with Gasteiger partial charge in [-0.1, -0.05) is 6.92 Å². The monoisotopic (exact) mass is 173 g/mol. The van der Waals surface area contributed by atoms with Gasteiger partial charge in [0, 0.05) is 11.8 Å². The summed E-state index contributed by atoms with van der Waals surface area (Å²) in [4.78, 5) is 10.4. The fourth-order valence-electron chi connectivity index (χ4n) is 0.382. The van der Waals surface area contributed by atoms with Crippen molar-refractivity contribution in [3.8, 4) is 0 Å². The summed E-state index contributed by atoms with van der Waals surface area (Å²) in [5.74, 6) is 0. The van der Waals surface area contributed by atoms with Gasteiger partial charge in [-0.25, -0.2) is 4.62 Å². The van der Waals surface area contributed by atoms with Crippen LogP contribution in [0.25, 0.3) is 0 Å². The Morgan fingerprint density at radius 1 is 1.89 bits per heavy atom. The Morgan fingerprint density at radius 2 is 2.44 bits per heavy atom. The Bertz CT molecular complexity index is 110. The zero-order valence-corrected chi connectivity index (χ0v) is 6.65. The summed E-state index contributed by atoms with van der Waals surface area (Å²) in [6.07, 6.45) is 0.707. The molecule has 6 heteroatoms. The van der Waals surface area contributed by atoms with Gasteiger partial charge in [0.05, 0.1) is 6.16 Å². The second-order valence-electron chi connectivity index (χ2n) is 1.53. The van der Waals surface area contributed by atoms with E-state index in [4.69, 9.17) is 16.7 Å². The van der Waals surface area contributed by atoms with E-state index in [0.29, 0.717) is 6.42 Å². The Labute approximate surface area is 58.8 Å². The molecule has 0 rings (SSSR count). The van der Waals surface area contributed by atoms with E-state index < -0.39 is 7.60 Å². The average Bonchev–Trinajstić information content (AvgIpc) is 1.64. The van der Waals surface area contributed by atoms with E-state index in [2.05, 4.69) is 4.62 Å². The average molecular weight is 174 g/mol. The van der Waals surface area contributed by atoms with Crippen LogP contribution >= 0.6 is 19.4 Å². The van der Waals surface area contributed by atoms with Crippen molar-refractivity contribution in [3.63, 3.8) is 0 Å². The van der Waals surface area contributed by atoms with Crippen molar-refractivity contribution in [2.75, 3.05) is 6.16 Å². The predicted molar refractivity (Wildman–Crippen MR) is 35.1 cm³/mol. The van der Waals surface area contributed by atoms with Crippen molar-refractivity contribution >= 4 is 19.4 Å². The molecule has 0 aliphatic carbocycles. The first-order chi connectivity index (χ1) is 4.12. The van der Waals surface area contributed by atoms with Crippen molar-refractivity contribution in [1.29, 1.82) is 0 Å². The fourth-order valence-corrected chi connectivity index (χ4v) is 1.47. The second kappa shape index (κ2) is 4.25. The largest absolute Gasteiger partial charge is 0.345 e. The van der Waals surface area contributed by atoms with Gasteiger partial charge in [0.2, 0.25) is 0 Å². The van der Waals surface area contributed by atoms with Crippen LogP contribution in [0.5, 0.6) is 0 Å². The van der Waals surface area contributed by atoms with Crippen LogP contribution < -0.4 is 5.00 Å². The van der Waals surface area contributed by atoms with E-state index in [-0.39, 0.29) is 6.16 Å². The van der Waals surface area contributed by atoms with E-state index in [1.807, 2.05) is 0 Å². The van der Waals surface area contributed by atoms with Crippen LogP contribution in [-0.4, -0.2) is 11.1 Å². The van der Waals surface area contributed by atoms with Gasteiger partial charge in [-0.2, -0.15) is 0 Å². The van der Waals surface area contributed by atoms with E-state index in [1.165, 1.54) is 0 Å². The molecule has 0 aromatic heterocycles. The quantitative estimate of drug-likeness (QED) is 0.382. The smallest absolute Gasteiger partial charge is 0.323 e. The van der Waals surface area contributed by atoms with E-state index in [1.54, 1.807) is 11.9 Å². The number of nitrogens with one attached hydrogen (secondary N) is 1. The Hall–Kier alpha value is 0.400. The highest BCUT2D eigenvalue weighted by Gasteiger charge is 2.16. The molecule has 0 aliphatic rings. The minimum Gasteiger partial charge on any atom is -0.323 e. The number of hydrogen-bond donors (Lipinski definition) is 2. The molecule has 0 bridgehead atoms. The number of halogens is 1. The minimum absolute atomic E-state index is 0.118. The van der Waals surface area contributed by atoms with Crippen LogP contribution in [0, 0.1) is 0 Å². The third kappa shape index (κ3) is 4.88. The maximum atomic E-state index is 10.6. The summed E-state index contributed by atoms with van der Waals surface area (Å²) in [5.41, 5.74) is 0. The maximum absolute atomic E-state index is 10.6. The van der Waals surface area contributed by atoms with Crippen LogP contribution in [0.2, 0.25) is 0 Å². The Balaban J connectivity index is 3.58. The molecule has 1 unspecified atom stereocenters. The number of rotatable bonds is 4. The molecule has 0 heterocycles. The van der Waals surface area contributed by atoms with Gasteiger partial charge in [0.15, 0.2) is 0 Å². The molecule has 0 radical (unpaired) electrons. The molecule has 0 saturated heterocycles. The van der Waals surface area contributed by atoms with Crippen molar-refractivity contribution in [2.45, 2.75) is 13.3 Å². The maximum Gasteiger partial charge on any atom is 0.345 e. The highest BCUT2D eigenvalue weighted by Crippen LogP contribution is 2.40. The van der Waals surface area contributed by atoms with Crippen molar-refractivity contribution in [3.05, 3.63) is 0 Å². The summed E-state index contributed by atoms with van der Waals surface area (Å²) >= 11 is 4.82. The van der Waals surface area contributed by atoms with Crippen molar-refractivity contribution in [1.82, 2.24) is 5.00 Å². The lowest BCUT2D eigenvalue weighted by atomic mass is 10.6. The molecule has 4 nitrogen and oxygen atoms in total. The predicted octanol–water partition coefficient (Wildman–Crippen LogP) is 1.26. The summed E-state index contributed by atoms with van der Waals surface area (Å²) in [6.45, 7) is 1.78. The van der Waals surface area contributed by atoms with Crippen LogP contribution in [0.4, 0.5) is 0 Å². The van der Waals surface area contributed by atoms with Gasteiger partial charge in [-0.3, -0.25) is 4.57 Å². The third-order valence-corrected chi connectivity index (χ3v) is 2.26. The molecular weight excluding hydrogens is 164 g/mol. The summed E-state index contributed by atoms with van der Waals surface area (Å²) < 4.78 is 14.7. The highest BCUT2D eigenvalue weighted by atomic mass is 35.5. The van der Waals surface area contributed by atoms with Gasteiger partial charge < -0.3 is 4.89 Å². The molecule has 0 aliphatic heterocycles. The van der Waals surface area contributed by atoms with Crippen LogP contribution in [0.15, 0.2) is 0 Å². The summed E-state index contributed by atoms with van der Waals surface area (Å²) in [5, 5.41) is 0. The normalized spacial score (nSPS) is 17.2. The summed E-state index contributed by atoms with van der Waals surface area (Å²) in [7, 11) is -3.44. The molecule has 0 saturated carbocycles. The molecule has 0 spiro atoms. The lowest BCUT2D eigenvalue weighted by Gasteiger charge is -2.05. The first-order valence-corrected chi connectivity index (χ1v) is 4.62. The zero-order valence-electron chi connectivity index (χ0n) is 5.00. The Morgan fingerprint density at radius 3 is 2.78 bits per heavy atom. The van der Waals surface area contributed by atoms with Crippen LogP contribution in [-0.2, 0) is 9.19 Å². The van der Waals surface area contributed by atoms with E-state index in [9.17, 15) is 4.57 Å². The van der Waals surface area contributed by atoms with Crippen molar-refractivity contribution < 1.29 is 14.1 Å². The molecule has 2 N–H and O–H groups in total. The first-order valence-electron chi connectivity index (χ1n) is 2.48. The highest BCUT2D eigenvalue weighted by molar-refractivity contribution is 7.52. The minimum atomic E-state index is -3.44. The van der Waals surface area contributed by atoms with Crippen molar-refractivity contribution in [2.24, 2.45) is 0 Å². The van der Waals surface area contributed by atoms with Gasteiger partial charge in [-0.05, 0) is 6.42 Å². The van der Waals surface area contributed by atoms with Crippen LogP contribution in [0.3, 0.4) is 0 Å². The summed E-state index contributed by atoms with van der Waals surface area (Å²) in [6, 6.07) is 0. The molecular formula is C3H9ClNO3P.